The van der Waals surface area contributed by atoms with Crippen molar-refractivity contribution in [2.75, 3.05) is 20.0 Å². The van der Waals surface area contributed by atoms with Crippen LogP contribution in [0.2, 0.25) is 0 Å². The van der Waals surface area contributed by atoms with Gasteiger partial charge in [0.1, 0.15) is 17.1 Å². The van der Waals surface area contributed by atoms with Crippen molar-refractivity contribution in [2.24, 2.45) is 5.11 Å². The van der Waals surface area contributed by atoms with Crippen LogP contribution in [0.1, 0.15) is 36.9 Å². The number of aromatic nitrogens is 2. The zero-order valence-corrected chi connectivity index (χ0v) is 17.5. The Kier molecular flexibility index (Phi) is 5.54. The fourth-order valence-corrected chi connectivity index (χ4v) is 3.25. The molecule has 0 spiro atoms. The molecule has 1 aliphatic carbocycles. The highest BCUT2D eigenvalue weighted by molar-refractivity contribution is 9.10. The molecule has 2 aromatic rings. The number of methoxy groups -OCH3 is 2. The summed E-state index contributed by atoms with van der Waals surface area (Å²) in [5.74, 6) is -2.51. The number of ketones is 2. The van der Waals surface area contributed by atoms with Crippen LogP contribution in [0.25, 0.3) is 21.8 Å². The molecule has 0 atom stereocenters. The van der Waals surface area contributed by atoms with E-state index in [1.54, 1.807) is 6.92 Å². The number of nitrogens with zero attached hydrogens (tertiary/aromatic N) is 5. The minimum Gasteiger partial charge on any atom is -0.492 e. The number of halogens is 1. The first-order valence-electron chi connectivity index (χ1n) is 8.24. The molecule has 3 rings (SSSR count). The molecule has 152 valence electrons. The van der Waals surface area contributed by atoms with E-state index in [1.807, 2.05) is 0 Å². The first-order valence-corrected chi connectivity index (χ1v) is 9.04. The minimum atomic E-state index is -0.793. The predicted molar refractivity (Wildman–Crippen MR) is 107 cm³/mol. The van der Waals surface area contributed by atoms with Gasteiger partial charge >= 0.3 is 5.97 Å². The van der Waals surface area contributed by atoms with Gasteiger partial charge in [0.15, 0.2) is 11.5 Å². The van der Waals surface area contributed by atoms with Crippen molar-refractivity contribution in [2.45, 2.75) is 6.92 Å². The number of fused-ring (bicyclic) bond motifs is 1. The minimum absolute atomic E-state index is 0.00633. The van der Waals surface area contributed by atoms with Crippen molar-refractivity contribution in [3.8, 4) is 11.4 Å². The Morgan fingerprint density at radius 3 is 2.50 bits per heavy atom. The average Bonchev–Trinajstić information content (AvgIpc) is 2.75. The van der Waals surface area contributed by atoms with Gasteiger partial charge in [-0.15, -0.1) is 0 Å². The second kappa shape index (κ2) is 7.93. The van der Waals surface area contributed by atoms with E-state index in [9.17, 15) is 14.4 Å². The molecule has 11 nitrogen and oxygen atoms in total. The van der Waals surface area contributed by atoms with E-state index in [2.05, 4.69) is 35.9 Å². The van der Waals surface area contributed by atoms with Crippen LogP contribution < -0.4 is 5.73 Å². The van der Waals surface area contributed by atoms with E-state index in [4.69, 9.17) is 20.7 Å². The lowest BCUT2D eigenvalue weighted by atomic mass is 9.95. The Labute approximate surface area is 177 Å². The van der Waals surface area contributed by atoms with E-state index in [-0.39, 0.29) is 39.8 Å². The van der Waals surface area contributed by atoms with E-state index < -0.39 is 23.2 Å². The molecule has 0 saturated heterocycles. The number of rotatable bonds is 4. The van der Waals surface area contributed by atoms with Gasteiger partial charge in [0.05, 0.1) is 31.2 Å². The molecule has 0 radical (unpaired) electrons. The number of Topliss-reactive ketones (excluding diaryl/α,β-unsaturated/α-hetero) is 2. The van der Waals surface area contributed by atoms with Crippen LogP contribution in [0.4, 0.5) is 5.69 Å². The lowest BCUT2D eigenvalue weighted by Gasteiger charge is -2.18. The van der Waals surface area contributed by atoms with Crippen molar-refractivity contribution in [1.82, 2.24) is 9.97 Å². The normalized spacial score (nSPS) is 12.9. The van der Waals surface area contributed by atoms with E-state index >= 15 is 0 Å². The lowest BCUT2D eigenvalue weighted by Crippen LogP contribution is -2.24. The molecule has 12 heteroatoms. The number of nitrogen functional groups attached to an aromatic ring is 1. The van der Waals surface area contributed by atoms with Crippen LogP contribution in [0.15, 0.2) is 33.2 Å². The molecule has 0 saturated carbocycles. The number of hydrogen-bond donors (Lipinski definition) is 1. The lowest BCUT2D eigenvalue weighted by molar-refractivity contribution is 0.0593. The quantitative estimate of drug-likeness (QED) is 0.305. The van der Waals surface area contributed by atoms with E-state index in [0.717, 1.165) is 0 Å². The summed E-state index contributed by atoms with van der Waals surface area (Å²) < 4.78 is 10.1. The highest BCUT2D eigenvalue weighted by Crippen LogP contribution is 2.35. The molecular weight excluding hydrogens is 460 g/mol. The number of carbonyl (C=O) groups excluding carboxylic acids is 3. The molecule has 0 aliphatic heterocycles. The third-order valence-corrected chi connectivity index (χ3v) is 5.38. The third-order valence-electron chi connectivity index (χ3n) is 4.36. The fraction of sp³-hybridized carbons (Fsp3) is 0.167. The topological polar surface area (TPSA) is 170 Å². The molecule has 0 aromatic carbocycles. The van der Waals surface area contributed by atoms with Gasteiger partial charge in [-0.1, -0.05) is 5.11 Å². The summed E-state index contributed by atoms with van der Waals surface area (Å²) >= 11 is 3.32. The van der Waals surface area contributed by atoms with Gasteiger partial charge < -0.3 is 15.2 Å². The average molecular weight is 473 g/mol. The number of nitrogens with two attached hydrogens (primary N) is 1. The molecule has 1 aliphatic rings. The number of carbonyl (C=O) groups is 3. The number of anilines is 1. The summed E-state index contributed by atoms with van der Waals surface area (Å²) in [6.07, 6.45) is 0. The third kappa shape index (κ3) is 3.17. The Balaban J connectivity index is 2.25. The number of pyridine rings is 2. The van der Waals surface area contributed by atoms with Crippen LogP contribution in [0.3, 0.4) is 0 Å². The number of esters is 1. The number of hydrogen-bond acceptors (Lipinski definition) is 9. The van der Waals surface area contributed by atoms with Crippen molar-refractivity contribution < 1.29 is 23.9 Å². The van der Waals surface area contributed by atoms with Gasteiger partial charge in [0, 0.05) is 9.38 Å². The maximum absolute atomic E-state index is 12.8. The van der Waals surface area contributed by atoms with Crippen LogP contribution >= 0.6 is 15.9 Å². The maximum Gasteiger partial charge on any atom is 0.356 e. The maximum atomic E-state index is 12.8. The molecule has 0 bridgehead atoms. The predicted octanol–water partition coefficient (Wildman–Crippen LogP) is 3.13. The summed E-state index contributed by atoms with van der Waals surface area (Å²) in [4.78, 5) is 48.5. The molecule has 2 aromatic heterocycles. The molecule has 2 heterocycles. The van der Waals surface area contributed by atoms with Gasteiger partial charge in [-0.05, 0) is 46.1 Å². The van der Waals surface area contributed by atoms with E-state index in [0.29, 0.717) is 10.0 Å². The molecule has 2 N–H and O–H groups in total. The van der Waals surface area contributed by atoms with Crippen LogP contribution in [-0.2, 0) is 9.47 Å². The van der Waals surface area contributed by atoms with Crippen molar-refractivity contribution >= 4 is 39.2 Å². The van der Waals surface area contributed by atoms with Crippen LogP contribution in [0.5, 0.6) is 0 Å². The molecule has 0 unspecified atom stereocenters. The van der Waals surface area contributed by atoms with Crippen molar-refractivity contribution in [1.29, 1.82) is 0 Å². The smallest absolute Gasteiger partial charge is 0.356 e. The standard InChI is InChI=1S/C18H13BrN6O5/c1-6-9(19)10(20)13(23-11(6)18(28)30-3)8-5-4-7-12(22-8)16(27)14(24-25-21)17(29-2)15(7)26/h4-5H,20H2,1-3H3. The van der Waals surface area contributed by atoms with Crippen molar-refractivity contribution in [3.05, 3.63) is 61.0 Å². The monoisotopic (exact) mass is 472 g/mol. The fourth-order valence-electron chi connectivity index (χ4n) is 2.87. The van der Waals surface area contributed by atoms with Gasteiger partial charge in [-0.2, -0.15) is 0 Å². The van der Waals surface area contributed by atoms with Gasteiger partial charge in [-0.25, -0.2) is 14.8 Å². The van der Waals surface area contributed by atoms with Crippen LogP contribution in [0, 0.1) is 6.92 Å². The number of ether oxygens (including phenoxy) is 2. The summed E-state index contributed by atoms with van der Waals surface area (Å²) in [7, 11) is 2.40. The van der Waals surface area contributed by atoms with Gasteiger partial charge in [0.2, 0.25) is 11.6 Å². The SMILES string of the molecule is COC(=O)c1nc(-c2ccc3c(n2)C(=O)C(N=[N+]=[N-])=C(OC)C3=O)c(N)c(Br)c1C. The summed E-state index contributed by atoms with van der Waals surface area (Å²) in [6.45, 7) is 1.63. The molecular formula is C18H13BrN6O5. The second-order valence-corrected chi connectivity index (χ2v) is 6.77. The largest absolute Gasteiger partial charge is 0.492 e. The Morgan fingerprint density at radius 1 is 1.20 bits per heavy atom. The summed E-state index contributed by atoms with van der Waals surface area (Å²) in [6, 6.07) is 2.79. The Morgan fingerprint density at radius 2 is 1.90 bits per heavy atom. The molecule has 0 amide bonds. The molecule has 0 fully saturated rings. The summed E-state index contributed by atoms with van der Waals surface area (Å²) in [5.41, 5.74) is 14.9. The first kappa shape index (κ1) is 21.0. The first-order chi connectivity index (χ1) is 14.3. The highest BCUT2D eigenvalue weighted by Gasteiger charge is 2.35. The van der Waals surface area contributed by atoms with Gasteiger partial charge in [0.25, 0.3) is 0 Å². The van der Waals surface area contributed by atoms with Crippen molar-refractivity contribution in [3.63, 3.8) is 0 Å². The van der Waals surface area contributed by atoms with Crippen LogP contribution in [-0.4, -0.2) is 41.7 Å². The second-order valence-electron chi connectivity index (χ2n) is 5.98. The Bertz CT molecular complexity index is 1220. The van der Waals surface area contributed by atoms with Gasteiger partial charge in [-0.3, -0.25) is 9.59 Å². The van der Waals surface area contributed by atoms with E-state index in [1.165, 1.54) is 26.4 Å². The number of allylic oxidation sites excluding steroid dienone is 2. The zero-order valence-electron chi connectivity index (χ0n) is 15.9. The Hall–Kier alpha value is -3.76. The zero-order chi connectivity index (χ0) is 22.2. The summed E-state index contributed by atoms with van der Waals surface area (Å²) in [5, 5.41) is 3.28. The molecule has 30 heavy (non-hydrogen) atoms. The highest BCUT2D eigenvalue weighted by atomic mass is 79.9. The number of azide groups is 1.